The quantitative estimate of drug-likeness (QED) is 0.407. The van der Waals surface area contributed by atoms with Gasteiger partial charge in [0.15, 0.2) is 11.6 Å². The molecule has 2 rings (SSSR count). The van der Waals surface area contributed by atoms with Crippen molar-refractivity contribution in [3.8, 4) is 0 Å². The topological polar surface area (TPSA) is 105 Å². The van der Waals surface area contributed by atoms with Gasteiger partial charge in [0.2, 0.25) is 10.0 Å². The second-order valence-corrected chi connectivity index (χ2v) is 7.48. The Bertz CT molecular complexity index is 1010. The molecule has 0 fully saturated rings. The average molecular weight is 412 g/mol. The molecule has 150 valence electrons. The monoisotopic (exact) mass is 412 g/mol. The molecular weight excluding hydrogens is 394 g/mol. The zero-order valence-corrected chi connectivity index (χ0v) is 15.9. The van der Waals surface area contributed by atoms with Gasteiger partial charge >= 0.3 is 0 Å². The zero-order valence-electron chi connectivity index (χ0n) is 15.1. The van der Waals surface area contributed by atoms with Crippen molar-refractivity contribution in [2.45, 2.75) is 18.7 Å². The molecule has 0 atom stereocenters. The number of halogens is 2. The van der Waals surface area contributed by atoms with Crippen LogP contribution in [0.25, 0.3) is 0 Å². The first-order valence-corrected chi connectivity index (χ1v) is 9.67. The van der Waals surface area contributed by atoms with E-state index < -0.39 is 26.6 Å². The van der Waals surface area contributed by atoms with Crippen LogP contribution < -0.4 is 5.43 Å². The van der Waals surface area contributed by atoms with Gasteiger partial charge in [0, 0.05) is 25.2 Å². The van der Waals surface area contributed by atoms with Gasteiger partial charge in [0.25, 0.3) is 5.69 Å². The molecule has 0 aliphatic rings. The number of nitro benzene ring substituents is 1. The Kier molecular flexibility index (Phi) is 6.75. The molecule has 0 radical (unpaired) electrons. The molecule has 0 aliphatic carbocycles. The number of benzene rings is 2. The van der Waals surface area contributed by atoms with E-state index in [-0.39, 0.29) is 34.9 Å². The molecule has 0 amide bonds. The predicted octanol–water partition coefficient (Wildman–Crippen LogP) is 3.35. The largest absolute Gasteiger partial charge is 0.277 e. The number of hydrogen-bond donors (Lipinski definition) is 1. The maximum atomic E-state index is 13.2. The molecule has 0 bridgehead atoms. The van der Waals surface area contributed by atoms with Gasteiger partial charge in [-0.2, -0.15) is 9.41 Å². The van der Waals surface area contributed by atoms with Gasteiger partial charge in [-0.05, 0) is 23.8 Å². The Morgan fingerprint density at radius 2 is 1.82 bits per heavy atom. The van der Waals surface area contributed by atoms with Crippen LogP contribution in [-0.2, 0) is 10.0 Å². The summed E-state index contributed by atoms with van der Waals surface area (Å²) in [6, 6.07) is 6.44. The maximum Gasteiger partial charge on any atom is 0.270 e. The van der Waals surface area contributed by atoms with Crippen LogP contribution in [0.5, 0.6) is 0 Å². The van der Waals surface area contributed by atoms with Gasteiger partial charge in [-0.25, -0.2) is 17.2 Å². The summed E-state index contributed by atoms with van der Waals surface area (Å²) >= 11 is 0. The van der Waals surface area contributed by atoms with E-state index in [9.17, 15) is 27.3 Å². The number of sulfonamides is 1. The van der Waals surface area contributed by atoms with E-state index in [1.807, 2.05) is 0 Å². The number of anilines is 1. The Morgan fingerprint density at radius 1 is 1.14 bits per heavy atom. The van der Waals surface area contributed by atoms with Gasteiger partial charge in [0.05, 0.1) is 16.8 Å². The van der Waals surface area contributed by atoms with Crippen LogP contribution in [0.2, 0.25) is 0 Å². The standard InChI is InChI=1S/C17H18F2N4O4S/c1-3-22(4-2)28(26,27)17-10-13(23(24)25)6-8-16(17)21-20-11-12-5-7-14(18)15(19)9-12/h5-11,21H,3-4H2,1-2H3/b20-11+. The highest BCUT2D eigenvalue weighted by atomic mass is 32.2. The van der Waals surface area contributed by atoms with E-state index in [1.165, 1.54) is 12.1 Å². The van der Waals surface area contributed by atoms with Crippen LogP contribution in [0.3, 0.4) is 0 Å². The lowest BCUT2D eigenvalue weighted by atomic mass is 10.2. The fourth-order valence-corrected chi connectivity index (χ4v) is 4.02. The summed E-state index contributed by atoms with van der Waals surface area (Å²) in [6.45, 7) is 3.65. The lowest BCUT2D eigenvalue weighted by Gasteiger charge is -2.20. The minimum absolute atomic E-state index is 0.0105. The first-order valence-electron chi connectivity index (χ1n) is 8.23. The Hall–Kier alpha value is -2.92. The average Bonchev–Trinajstić information content (AvgIpc) is 2.65. The molecule has 2 aromatic rings. The smallest absolute Gasteiger partial charge is 0.270 e. The highest BCUT2D eigenvalue weighted by molar-refractivity contribution is 7.89. The fraction of sp³-hybridized carbons (Fsp3) is 0.235. The normalized spacial score (nSPS) is 11.9. The molecule has 0 aliphatic heterocycles. The van der Waals surface area contributed by atoms with Crippen molar-refractivity contribution in [1.82, 2.24) is 4.31 Å². The number of hydrogen-bond acceptors (Lipinski definition) is 6. The van der Waals surface area contributed by atoms with E-state index in [0.29, 0.717) is 0 Å². The van der Waals surface area contributed by atoms with E-state index >= 15 is 0 Å². The van der Waals surface area contributed by atoms with E-state index in [0.717, 1.165) is 34.8 Å². The number of non-ortho nitro benzene ring substituents is 1. The van der Waals surface area contributed by atoms with Crippen molar-refractivity contribution in [3.63, 3.8) is 0 Å². The highest BCUT2D eigenvalue weighted by Gasteiger charge is 2.27. The van der Waals surface area contributed by atoms with Gasteiger partial charge < -0.3 is 0 Å². The van der Waals surface area contributed by atoms with E-state index in [1.54, 1.807) is 13.8 Å². The molecule has 2 aromatic carbocycles. The van der Waals surface area contributed by atoms with Crippen molar-refractivity contribution in [2.24, 2.45) is 5.10 Å². The summed E-state index contributed by atoms with van der Waals surface area (Å²) in [7, 11) is -4.01. The Labute approximate surface area is 160 Å². The van der Waals surface area contributed by atoms with Gasteiger partial charge in [-0.3, -0.25) is 15.5 Å². The molecule has 0 spiro atoms. The van der Waals surface area contributed by atoms with E-state index in [4.69, 9.17) is 0 Å². The summed E-state index contributed by atoms with van der Waals surface area (Å²) < 4.78 is 53.0. The molecule has 0 unspecified atom stereocenters. The molecule has 8 nitrogen and oxygen atoms in total. The molecule has 0 saturated carbocycles. The molecular formula is C17H18F2N4O4S. The molecule has 11 heteroatoms. The van der Waals surface area contributed by atoms with Crippen molar-refractivity contribution in [3.05, 3.63) is 63.7 Å². The number of nitro groups is 1. The first kappa shape index (κ1) is 21.4. The van der Waals surface area contributed by atoms with Crippen molar-refractivity contribution >= 4 is 27.6 Å². The summed E-state index contributed by atoms with van der Waals surface area (Å²) in [4.78, 5) is 10.0. The second kappa shape index (κ2) is 8.85. The van der Waals surface area contributed by atoms with Crippen LogP contribution >= 0.6 is 0 Å². The maximum absolute atomic E-state index is 13.2. The van der Waals surface area contributed by atoms with E-state index in [2.05, 4.69) is 10.5 Å². The molecule has 0 saturated heterocycles. The van der Waals surface area contributed by atoms with Crippen LogP contribution in [0, 0.1) is 21.7 Å². The summed E-state index contributed by atoms with van der Waals surface area (Å²) in [5.74, 6) is -2.06. The van der Waals surface area contributed by atoms with Crippen molar-refractivity contribution in [1.29, 1.82) is 0 Å². The molecule has 0 aromatic heterocycles. The highest BCUT2D eigenvalue weighted by Crippen LogP contribution is 2.29. The second-order valence-electron chi connectivity index (χ2n) is 5.57. The van der Waals surface area contributed by atoms with Crippen LogP contribution in [0.15, 0.2) is 46.4 Å². The fourth-order valence-electron chi connectivity index (χ4n) is 2.40. The van der Waals surface area contributed by atoms with Gasteiger partial charge in [0.1, 0.15) is 4.90 Å². The minimum atomic E-state index is -4.01. The van der Waals surface area contributed by atoms with Gasteiger partial charge in [-0.15, -0.1) is 0 Å². The zero-order chi connectivity index (χ0) is 20.9. The number of hydrazone groups is 1. The third kappa shape index (κ3) is 4.67. The summed E-state index contributed by atoms with van der Waals surface area (Å²) in [5.41, 5.74) is 2.36. The molecule has 28 heavy (non-hydrogen) atoms. The third-order valence-corrected chi connectivity index (χ3v) is 5.93. The SMILES string of the molecule is CCN(CC)S(=O)(=O)c1cc([N+](=O)[O-])ccc1N/N=C/c1ccc(F)c(F)c1. The number of nitrogens with one attached hydrogen (secondary N) is 1. The lowest BCUT2D eigenvalue weighted by Crippen LogP contribution is -2.31. The number of nitrogens with zero attached hydrogens (tertiary/aromatic N) is 3. The Morgan fingerprint density at radius 3 is 2.39 bits per heavy atom. The number of rotatable bonds is 8. The van der Waals surface area contributed by atoms with Crippen molar-refractivity contribution < 1.29 is 22.1 Å². The summed E-state index contributed by atoms with van der Waals surface area (Å²) in [5, 5.41) is 14.9. The van der Waals surface area contributed by atoms with Gasteiger partial charge in [-0.1, -0.05) is 19.9 Å². The van der Waals surface area contributed by atoms with Crippen LogP contribution in [0.1, 0.15) is 19.4 Å². The minimum Gasteiger partial charge on any atom is -0.277 e. The van der Waals surface area contributed by atoms with Crippen LogP contribution in [0.4, 0.5) is 20.2 Å². The third-order valence-electron chi connectivity index (χ3n) is 3.84. The van der Waals surface area contributed by atoms with Crippen molar-refractivity contribution in [2.75, 3.05) is 18.5 Å². The lowest BCUT2D eigenvalue weighted by molar-refractivity contribution is -0.385. The molecule has 1 N–H and O–H groups in total. The first-order chi connectivity index (χ1) is 13.2. The Balaban J connectivity index is 2.41. The van der Waals surface area contributed by atoms with Crippen LogP contribution in [-0.4, -0.2) is 37.0 Å². The molecule has 0 heterocycles. The summed E-state index contributed by atoms with van der Waals surface area (Å²) in [6.07, 6.45) is 1.16. The predicted molar refractivity (Wildman–Crippen MR) is 101 cm³/mol.